The average Bonchev–Trinajstić information content (AvgIpc) is 3.19. The summed E-state index contributed by atoms with van der Waals surface area (Å²) < 4.78 is 27.1. The Morgan fingerprint density at radius 3 is 2.52 bits per heavy atom. The summed E-state index contributed by atoms with van der Waals surface area (Å²) in [4.78, 5) is 14.5. The summed E-state index contributed by atoms with van der Waals surface area (Å²) in [5.41, 5.74) is 2.13. The molecule has 0 radical (unpaired) electrons. The molecule has 1 unspecified atom stereocenters. The van der Waals surface area contributed by atoms with Gasteiger partial charge in [-0.25, -0.2) is 8.42 Å². The molecular weight excluding hydrogens is 366 g/mol. The van der Waals surface area contributed by atoms with Gasteiger partial charge in [0.2, 0.25) is 10.0 Å². The van der Waals surface area contributed by atoms with Crippen LogP contribution in [0, 0.1) is 0 Å². The van der Waals surface area contributed by atoms with E-state index in [1.807, 2.05) is 32.2 Å². The first-order valence-electron chi connectivity index (χ1n) is 8.81. The molecule has 3 rings (SSSR count). The summed E-state index contributed by atoms with van der Waals surface area (Å²) in [7, 11) is 2.55. The van der Waals surface area contributed by atoms with Gasteiger partial charge in [0, 0.05) is 37.5 Å². The zero-order valence-corrected chi connectivity index (χ0v) is 16.6. The van der Waals surface area contributed by atoms with Crippen molar-refractivity contribution in [1.29, 1.82) is 0 Å². The summed E-state index contributed by atoms with van der Waals surface area (Å²) in [5.74, 6) is -0.0169. The Bertz CT molecular complexity index is 905. The van der Waals surface area contributed by atoms with Crippen molar-refractivity contribution in [3.05, 3.63) is 47.8 Å². The van der Waals surface area contributed by atoms with Gasteiger partial charge in [-0.2, -0.15) is 5.10 Å². The van der Waals surface area contributed by atoms with Crippen LogP contribution >= 0.6 is 0 Å². The maximum atomic E-state index is 12.5. The Labute approximate surface area is 159 Å². The number of hydrogen-bond acceptors (Lipinski definition) is 5. The van der Waals surface area contributed by atoms with Gasteiger partial charge in [0.1, 0.15) is 0 Å². The van der Waals surface area contributed by atoms with E-state index in [-0.39, 0.29) is 17.7 Å². The third-order valence-corrected chi connectivity index (χ3v) is 6.58. The Hall–Kier alpha value is -2.39. The van der Waals surface area contributed by atoms with Gasteiger partial charge in [0.05, 0.1) is 23.7 Å². The van der Waals surface area contributed by atoms with Crippen LogP contribution in [-0.2, 0) is 17.1 Å². The predicted molar refractivity (Wildman–Crippen MR) is 104 cm³/mol. The van der Waals surface area contributed by atoms with Crippen molar-refractivity contribution >= 4 is 21.6 Å². The van der Waals surface area contributed by atoms with Gasteiger partial charge in [0.25, 0.3) is 5.91 Å². The lowest BCUT2D eigenvalue weighted by Gasteiger charge is -2.23. The third-order valence-electron chi connectivity index (χ3n) is 4.71. The van der Waals surface area contributed by atoms with Crippen molar-refractivity contribution in [2.75, 3.05) is 37.2 Å². The van der Waals surface area contributed by atoms with Gasteiger partial charge in [0.15, 0.2) is 0 Å². The molecule has 2 heterocycles. The van der Waals surface area contributed by atoms with Crippen LogP contribution in [0.4, 0.5) is 5.69 Å². The highest BCUT2D eigenvalue weighted by Crippen LogP contribution is 2.24. The Balaban J connectivity index is 1.65. The van der Waals surface area contributed by atoms with Crippen LogP contribution in [0.2, 0.25) is 0 Å². The third kappa shape index (κ3) is 4.30. The molecule has 27 heavy (non-hydrogen) atoms. The second-order valence-electron chi connectivity index (χ2n) is 6.93. The molecule has 1 aliphatic rings. The number of carbonyl (C=O) groups is 1. The van der Waals surface area contributed by atoms with Gasteiger partial charge < -0.3 is 10.2 Å². The number of rotatable bonds is 6. The number of amides is 1. The fourth-order valence-electron chi connectivity index (χ4n) is 3.21. The number of nitrogens with one attached hydrogen (secondary N) is 1. The number of anilines is 1. The van der Waals surface area contributed by atoms with Crippen LogP contribution in [0.15, 0.2) is 36.7 Å². The number of sulfonamides is 1. The van der Waals surface area contributed by atoms with E-state index in [1.54, 1.807) is 35.1 Å². The maximum Gasteiger partial charge on any atom is 0.251 e. The molecule has 1 fully saturated rings. The van der Waals surface area contributed by atoms with Gasteiger partial charge in [-0.15, -0.1) is 0 Å². The van der Waals surface area contributed by atoms with Gasteiger partial charge in [-0.05, 0) is 44.8 Å². The van der Waals surface area contributed by atoms with E-state index in [0.29, 0.717) is 30.8 Å². The molecule has 8 nitrogen and oxygen atoms in total. The van der Waals surface area contributed by atoms with E-state index in [9.17, 15) is 13.2 Å². The van der Waals surface area contributed by atoms with Crippen molar-refractivity contribution in [2.24, 2.45) is 7.05 Å². The predicted octanol–water partition coefficient (Wildman–Crippen LogP) is 0.993. The fourth-order valence-corrected chi connectivity index (χ4v) is 4.78. The molecule has 1 aliphatic heterocycles. The zero-order chi connectivity index (χ0) is 19.6. The molecule has 2 aromatic rings. The minimum Gasteiger partial charge on any atom is -0.350 e. The highest BCUT2D eigenvalue weighted by molar-refractivity contribution is 7.93. The molecule has 0 bridgehead atoms. The molecule has 1 aromatic carbocycles. The fraction of sp³-hybridized carbons (Fsp3) is 0.444. The molecule has 1 saturated heterocycles. The zero-order valence-electron chi connectivity index (χ0n) is 15.8. The minimum absolute atomic E-state index is 0.0108. The summed E-state index contributed by atoms with van der Waals surface area (Å²) in [6, 6.07) is 6.70. The Kier molecular flexibility index (Phi) is 5.52. The van der Waals surface area contributed by atoms with Crippen LogP contribution in [0.3, 0.4) is 0 Å². The lowest BCUT2D eigenvalue weighted by molar-refractivity contribution is 0.0942. The molecule has 1 atom stereocenters. The molecular formula is C18H25N5O3S. The largest absolute Gasteiger partial charge is 0.350 e. The van der Waals surface area contributed by atoms with Crippen molar-refractivity contribution in [3.63, 3.8) is 0 Å². The van der Waals surface area contributed by atoms with Crippen LogP contribution in [0.1, 0.15) is 28.4 Å². The van der Waals surface area contributed by atoms with E-state index < -0.39 is 10.0 Å². The van der Waals surface area contributed by atoms with Crippen LogP contribution in [0.5, 0.6) is 0 Å². The van der Waals surface area contributed by atoms with E-state index in [0.717, 1.165) is 5.56 Å². The van der Waals surface area contributed by atoms with Gasteiger partial charge in [-0.3, -0.25) is 13.8 Å². The quantitative estimate of drug-likeness (QED) is 0.794. The van der Waals surface area contributed by atoms with E-state index >= 15 is 0 Å². The van der Waals surface area contributed by atoms with Crippen molar-refractivity contribution in [1.82, 2.24) is 20.0 Å². The lowest BCUT2D eigenvalue weighted by Crippen LogP contribution is -2.34. The minimum atomic E-state index is -3.21. The van der Waals surface area contributed by atoms with E-state index in [2.05, 4.69) is 10.4 Å². The number of carbonyl (C=O) groups excluding carboxylic acids is 1. The molecule has 1 aromatic heterocycles. The highest BCUT2D eigenvalue weighted by Gasteiger charge is 2.28. The van der Waals surface area contributed by atoms with Crippen LogP contribution in [0.25, 0.3) is 0 Å². The summed E-state index contributed by atoms with van der Waals surface area (Å²) >= 11 is 0. The number of nitrogens with zero attached hydrogens (tertiary/aromatic N) is 4. The summed E-state index contributed by atoms with van der Waals surface area (Å²) in [6.45, 7) is 0.934. The average molecular weight is 391 g/mol. The van der Waals surface area contributed by atoms with E-state index in [1.165, 1.54) is 4.31 Å². The van der Waals surface area contributed by atoms with Crippen molar-refractivity contribution < 1.29 is 13.2 Å². The van der Waals surface area contributed by atoms with Crippen molar-refractivity contribution in [2.45, 2.75) is 12.5 Å². The maximum absolute atomic E-state index is 12.5. The molecule has 9 heteroatoms. The Morgan fingerprint density at radius 2 is 2.00 bits per heavy atom. The monoisotopic (exact) mass is 391 g/mol. The second kappa shape index (κ2) is 7.69. The molecule has 1 N–H and O–H groups in total. The normalized spacial score (nSPS) is 17.3. The number of hydrogen-bond donors (Lipinski definition) is 1. The summed E-state index contributed by atoms with van der Waals surface area (Å²) in [5, 5.41) is 7.13. The first-order valence-corrected chi connectivity index (χ1v) is 10.4. The van der Waals surface area contributed by atoms with Gasteiger partial charge >= 0.3 is 0 Å². The first-order chi connectivity index (χ1) is 12.8. The van der Waals surface area contributed by atoms with Gasteiger partial charge in [-0.1, -0.05) is 0 Å². The molecule has 0 aliphatic carbocycles. The number of aromatic nitrogens is 2. The summed E-state index contributed by atoms with van der Waals surface area (Å²) in [6.07, 6.45) is 4.36. The Morgan fingerprint density at radius 1 is 1.30 bits per heavy atom. The standard InChI is InChI=1S/C18H25N5O3S/c1-21(2)17(15-11-20-22(3)13-15)12-19-18(24)14-5-7-16(8-6-14)23-9-4-10-27(23,25)26/h5-8,11,13,17H,4,9-10,12H2,1-3H3,(H,19,24). The lowest BCUT2D eigenvalue weighted by atomic mass is 10.1. The number of likely N-dealkylation sites (N-methyl/N-ethyl adjacent to an activating group) is 1. The van der Waals surface area contributed by atoms with Crippen molar-refractivity contribution in [3.8, 4) is 0 Å². The molecule has 0 saturated carbocycles. The number of aryl methyl sites for hydroxylation is 1. The smallest absolute Gasteiger partial charge is 0.251 e. The molecule has 146 valence electrons. The first kappa shape index (κ1) is 19.4. The number of benzene rings is 1. The SMILES string of the molecule is CN(C)C(CNC(=O)c1ccc(N2CCCS2(=O)=O)cc1)c1cnn(C)c1. The molecule has 1 amide bonds. The van der Waals surface area contributed by atoms with Crippen LogP contribution in [-0.4, -0.2) is 61.9 Å². The highest BCUT2D eigenvalue weighted by atomic mass is 32.2. The van der Waals surface area contributed by atoms with Crippen LogP contribution < -0.4 is 9.62 Å². The second-order valence-corrected chi connectivity index (χ2v) is 8.94. The molecule has 0 spiro atoms. The van der Waals surface area contributed by atoms with E-state index in [4.69, 9.17) is 0 Å². The topological polar surface area (TPSA) is 87.5 Å².